The zero-order valence-electron chi connectivity index (χ0n) is 15.9. The first kappa shape index (κ1) is 20.5. The summed E-state index contributed by atoms with van der Waals surface area (Å²) in [4.78, 5) is 37.0. The van der Waals surface area contributed by atoms with Gasteiger partial charge in [-0.15, -0.1) is 0 Å². The lowest BCUT2D eigenvalue weighted by atomic mass is 10.1. The fraction of sp³-hybridized carbons (Fsp3) is 0.143. The molecule has 2 N–H and O–H groups in total. The number of carbonyl (C=O) groups excluding carboxylic acids is 2. The maximum Gasteiger partial charge on any atom is 0.290 e. The van der Waals surface area contributed by atoms with Crippen molar-refractivity contribution < 1.29 is 9.59 Å². The van der Waals surface area contributed by atoms with Crippen LogP contribution in [0.1, 0.15) is 28.5 Å². The Labute approximate surface area is 175 Å². The van der Waals surface area contributed by atoms with Crippen molar-refractivity contribution in [3.8, 4) is 0 Å². The molecular formula is C21H19BrN4O3. The molecular weight excluding hydrogens is 436 g/mol. The number of carbonyl (C=O) groups is 2. The Morgan fingerprint density at radius 2 is 1.86 bits per heavy atom. The van der Waals surface area contributed by atoms with Gasteiger partial charge in [-0.3, -0.25) is 25.2 Å². The first-order valence-corrected chi connectivity index (χ1v) is 9.74. The molecule has 0 spiro atoms. The predicted octanol–water partition coefficient (Wildman–Crippen LogP) is 2.96. The molecule has 3 rings (SSSR count). The summed E-state index contributed by atoms with van der Waals surface area (Å²) in [6.45, 7) is 4.06. The van der Waals surface area contributed by atoms with Crippen molar-refractivity contribution in [2.45, 2.75) is 20.4 Å². The summed E-state index contributed by atoms with van der Waals surface area (Å²) in [5.74, 6) is -1.11. The van der Waals surface area contributed by atoms with Crippen LogP contribution in [-0.4, -0.2) is 21.6 Å². The van der Waals surface area contributed by atoms with E-state index in [1.165, 1.54) is 10.8 Å². The lowest BCUT2D eigenvalue weighted by molar-refractivity contribution is -0.117. The van der Waals surface area contributed by atoms with Crippen LogP contribution in [0.3, 0.4) is 0 Å². The summed E-state index contributed by atoms with van der Waals surface area (Å²) >= 11 is 3.44. The number of halogens is 1. The van der Waals surface area contributed by atoms with E-state index >= 15 is 0 Å². The van der Waals surface area contributed by atoms with E-state index < -0.39 is 11.8 Å². The van der Waals surface area contributed by atoms with Gasteiger partial charge >= 0.3 is 0 Å². The van der Waals surface area contributed by atoms with Crippen molar-refractivity contribution in [2.24, 2.45) is 0 Å². The van der Waals surface area contributed by atoms with E-state index in [2.05, 4.69) is 31.9 Å². The first-order chi connectivity index (χ1) is 13.9. The lowest BCUT2D eigenvalue weighted by Gasteiger charge is -2.10. The minimum Gasteiger partial charge on any atom is -0.268 e. The number of nitrogens with zero attached hydrogens (tertiary/aromatic N) is 2. The highest BCUT2D eigenvalue weighted by atomic mass is 79.9. The van der Waals surface area contributed by atoms with Crippen molar-refractivity contribution in [1.82, 2.24) is 20.6 Å². The third-order valence-electron chi connectivity index (χ3n) is 4.25. The summed E-state index contributed by atoms with van der Waals surface area (Å²) in [5, 5.41) is 4.94. The zero-order chi connectivity index (χ0) is 21.0. The molecule has 8 heteroatoms. The molecule has 0 saturated heterocycles. The molecule has 0 bridgehead atoms. The number of hydrogen-bond donors (Lipinski definition) is 2. The topological polar surface area (TPSA) is 93.1 Å². The van der Waals surface area contributed by atoms with E-state index in [0.717, 1.165) is 15.6 Å². The standard InChI is InChI=1S/C21H19BrN4O3/c1-3-26-21(29)16-7-5-4-6-15(16)19(25-26)20(28)24-23-18(27)11-10-14-9-8-13(2)12-17(14)22/h4-12H,3H2,1-2H3,(H,23,27)(H,24,28)/b11-10+. The maximum absolute atomic E-state index is 12.6. The van der Waals surface area contributed by atoms with E-state index in [4.69, 9.17) is 0 Å². The average Bonchev–Trinajstić information content (AvgIpc) is 2.72. The van der Waals surface area contributed by atoms with E-state index in [1.54, 1.807) is 37.3 Å². The van der Waals surface area contributed by atoms with Gasteiger partial charge in [0.25, 0.3) is 17.4 Å². The molecule has 0 atom stereocenters. The maximum atomic E-state index is 12.6. The van der Waals surface area contributed by atoms with E-state index in [9.17, 15) is 14.4 Å². The van der Waals surface area contributed by atoms with Gasteiger partial charge in [0.15, 0.2) is 5.69 Å². The molecule has 0 aliphatic rings. The molecule has 2 amide bonds. The summed E-state index contributed by atoms with van der Waals surface area (Å²) in [7, 11) is 0. The van der Waals surface area contributed by atoms with Gasteiger partial charge in [0.05, 0.1) is 5.39 Å². The Kier molecular flexibility index (Phi) is 6.23. The Balaban J connectivity index is 1.75. The van der Waals surface area contributed by atoms with E-state index in [0.29, 0.717) is 17.3 Å². The van der Waals surface area contributed by atoms with Crippen molar-refractivity contribution in [2.75, 3.05) is 0 Å². The number of rotatable bonds is 4. The number of amides is 2. The van der Waals surface area contributed by atoms with E-state index in [1.807, 2.05) is 25.1 Å². The molecule has 0 aliphatic carbocycles. The van der Waals surface area contributed by atoms with Gasteiger partial charge in [-0.2, -0.15) is 5.10 Å². The third-order valence-corrected chi connectivity index (χ3v) is 4.94. The molecule has 0 unspecified atom stereocenters. The Morgan fingerprint density at radius 3 is 2.55 bits per heavy atom. The number of aromatic nitrogens is 2. The fourth-order valence-electron chi connectivity index (χ4n) is 2.77. The van der Waals surface area contributed by atoms with Crippen LogP contribution in [0.25, 0.3) is 16.8 Å². The molecule has 0 radical (unpaired) electrons. The quantitative estimate of drug-likeness (QED) is 0.468. The Hall–Kier alpha value is -3.26. The molecule has 2 aromatic carbocycles. The predicted molar refractivity (Wildman–Crippen MR) is 115 cm³/mol. The van der Waals surface area contributed by atoms with Crippen LogP contribution in [0.5, 0.6) is 0 Å². The second kappa shape index (κ2) is 8.83. The second-order valence-electron chi connectivity index (χ2n) is 6.32. The largest absolute Gasteiger partial charge is 0.290 e. The van der Waals surface area contributed by atoms with Crippen LogP contribution in [0.15, 0.2) is 57.8 Å². The highest BCUT2D eigenvalue weighted by Crippen LogP contribution is 2.19. The Morgan fingerprint density at radius 1 is 1.14 bits per heavy atom. The molecule has 1 heterocycles. The minimum atomic E-state index is -0.610. The number of fused-ring (bicyclic) bond motifs is 1. The zero-order valence-corrected chi connectivity index (χ0v) is 17.5. The number of hydrogen-bond acceptors (Lipinski definition) is 4. The molecule has 29 heavy (non-hydrogen) atoms. The summed E-state index contributed by atoms with van der Waals surface area (Å²) < 4.78 is 2.08. The molecule has 0 fully saturated rings. The average molecular weight is 455 g/mol. The summed E-state index contributed by atoms with van der Waals surface area (Å²) in [5.41, 5.74) is 6.40. The molecule has 3 aromatic rings. The van der Waals surface area contributed by atoms with E-state index in [-0.39, 0.29) is 11.3 Å². The molecule has 0 saturated carbocycles. The van der Waals surface area contributed by atoms with Gasteiger partial charge in [-0.25, -0.2) is 4.68 Å². The second-order valence-corrected chi connectivity index (χ2v) is 7.17. The number of hydrazine groups is 1. The monoisotopic (exact) mass is 454 g/mol. The van der Waals surface area contributed by atoms with Gasteiger partial charge in [-0.1, -0.05) is 46.3 Å². The van der Waals surface area contributed by atoms with Gasteiger partial charge in [0, 0.05) is 22.5 Å². The van der Waals surface area contributed by atoms with Crippen molar-refractivity contribution in [3.63, 3.8) is 0 Å². The molecule has 0 aliphatic heterocycles. The SMILES string of the molecule is CCn1nc(C(=O)NNC(=O)/C=C/c2ccc(C)cc2Br)c2ccccc2c1=O. The van der Waals surface area contributed by atoms with Crippen LogP contribution in [0.4, 0.5) is 0 Å². The van der Waals surface area contributed by atoms with Gasteiger partial charge in [-0.05, 0) is 43.2 Å². The molecule has 7 nitrogen and oxygen atoms in total. The fourth-order valence-corrected chi connectivity index (χ4v) is 3.39. The van der Waals surface area contributed by atoms with Gasteiger partial charge in [0.2, 0.25) is 0 Å². The minimum absolute atomic E-state index is 0.0626. The van der Waals surface area contributed by atoms with Crippen LogP contribution in [0, 0.1) is 6.92 Å². The first-order valence-electron chi connectivity index (χ1n) is 8.95. The van der Waals surface area contributed by atoms with Gasteiger partial charge < -0.3 is 0 Å². The number of nitrogens with one attached hydrogen (secondary N) is 2. The third kappa shape index (κ3) is 4.60. The number of benzene rings is 2. The van der Waals surface area contributed by atoms with Crippen LogP contribution >= 0.6 is 15.9 Å². The highest BCUT2D eigenvalue weighted by Gasteiger charge is 2.16. The summed E-state index contributed by atoms with van der Waals surface area (Å²) in [6, 6.07) is 12.5. The van der Waals surface area contributed by atoms with Crippen LogP contribution in [-0.2, 0) is 11.3 Å². The smallest absolute Gasteiger partial charge is 0.268 e. The van der Waals surface area contributed by atoms with Crippen molar-refractivity contribution in [1.29, 1.82) is 0 Å². The molecule has 148 valence electrons. The van der Waals surface area contributed by atoms with Crippen LogP contribution < -0.4 is 16.4 Å². The van der Waals surface area contributed by atoms with Crippen LogP contribution in [0.2, 0.25) is 0 Å². The van der Waals surface area contributed by atoms with Crippen molar-refractivity contribution in [3.05, 3.63) is 80.2 Å². The number of aryl methyl sites for hydroxylation is 2. The highest BCUT2D eigenvalue weighted by molar-refractivity contribution is 9.10. The normalized spacial score (nSPS) is 11.0. The lowest BCUT2D eigenvalue weighted by Crippen LogP contribution is -2.42. The summed E-state index contributed by atoms with van der Waals surface area (Å²) in [6.07, 6.45) is 2.95. The Bertz CT molecular complexity index is 1180. The van der Waals surface area contributed by atoms with Crippen molar-refractivity contribution >= 4 is 44.6 Å². The molecule has 1 aromatic heterocycles. The van der Waals surface area contributed by atoms with Gasteiger partial charge in [0.1, 0.15) is 0 Å².